The molecule has 2 aromatic rings. The van der Waals surface area contributed by atoms with E-state index in [1.807, 2.05) is 22.6 Å². The Morgan fingerprint density at radius 2 is 2.00 bits per heavy atom. The normalized spacial score (nSPS) is 16.8. The second kappa shape index (κ2) is 4.69. The van der Waals surface area contributed by atoms with Crippen molar-refractivity contribution in [3.8, 4) is 0 Å². The van der Waals surface area contributed by atoms with Crippen molar-refractivity contribution < 1.29 is 18.0 Å². The lowest BCUT2D eigenvalue weighted by Gasteiger charge is -2.26. The Kier molecular flexibility index (Phi) is 3.35. The number of Topliss-reactive ketones (excluding diaryl/α,β-unsaturated/α-hetero) is 1. The molecule has 0 radical (unpaired) electrons. The molecule has 3 rings (SSSR count). The average Bonchev–Trinajstić information content (AvgIpc) is 2.60. The SMILES string of the molecule is O=C1CC(n2nc(I)c3cc(Br)cc(C(F)(F)F)c32)C1. The minimum atomic E-state index is -4.46. The van der Waals surface area contributed by atoms with E-state index in [2.05, 4.69) is 21.0 Å². The Bertz CT molecular complexity index is 718. The van der Waals surface area contributed by atoms with Crippen molar-refractivity contribution >= 4 is 55.2 Å². The van der Waals surface area contributed by atoms with Crippen molar-refractivity contribution in [1.29, 1.82) is 0 Å². The van der Waals surface area contributed by atoms with Crippen LogP contribution in [0.15, 0.2) is 16.6 Å². The van der Waals surface area contributed by atoms with Gasteiger partial charge in [-0.3, -0.25) is 9.48 Å². The molecule has 1 heterocycles. The van der Waals surface area contributed by atoms with Gasteiger partial charge < -0.3 is 0 Å². The lowest BCUT2D eigenvalue weighted by molar-refractivity contribution is -0.136. The number of benzene rings is 1. The van der Waals surface area contributed by atoms with Gasteiger partial charge in [-0.2, -0.15) is 18.3 Å². The molecule has 8 heteroatoms. The lowest BCUT2D eigenvalue weighted by atomic mass is 9.91. The summed E-state index contributed by atoms with van der Waals surface area (Å²) in [5, 5.41) is 4.64. The van der Waals surface area contributed by atoms with Gasteiger partial charge in [-0.05, 0) is 34.7 Å². The van der Waals surface area contributed by atoms with Gasteiger partial charge in [0, 0.05) is 22.7 Å². The number of carbonyl (C=O) groups is 1. The largest absolute Gasteiger partial charge is 0.418 e. The van der Waals surface area contributed by atoms with Gasteiger partial charge in [0.05, 0.1) is 17.1 Å². The summed E-state index contributed by atoms with van der Waals surface area (Å²) in [6.07, 6.45) is -3.96. The van der Waals surface area contributed by atoms with E-state index in [9.17, 15) is 18.0 Å². The van der Waals surface area contributed by atoms with E-state index < -0.39 is 11.7 Å². The first-order valence-corrected chi connectivity index (χ1v) is 7.60. The molecule has 20 heavy (non-hydrogen) atoms. The molecule has 106 valence electrons. The third-order valence-electron chi connectivity index (χ3n) is 3.30. The van der Waals surface area contributed by atoms with Crippen LogP contribution < -0.4 is 0 Å². The second-order valence-electron chi connectivity index (χ2n) is 4.68. The molecule has 0 spiro atoms. The molecule has 1 saturated carbocycles. The number of hydrogen-bond donors (Lipinski definition) is 0. The van der Waals surface area contributed by atoms with E-state index in [0.29, 0.717) is 13.6 Å². The van der Waals surface area contributed by atoms with Crippen LogP contribution in [0, 0.1) is 3.70 Å². The first-order chi connectivity index (χ1) is 9.27. The smallest absolute Gasteiger partial charge is 0.300 e. The minimum absolute atomic E-state index is 0.0549. The van der Waals surface area contributed by atoms with Crippen LogP contribution in [0.2, 0.25) is 0 Å². The zero-order chi connectivity index (χ0) is 14.7. The fourth-order valence-corrected chi connectivity index (χ4v) is 3.42. The molecule has 0 aliphatic heterocycles. The third-order valence-corrected chi connectivity index (χ3v) is 4.55. The van der Waals surface area contributed by atoms with E-state index in [1.54, 1.807) is 6.07 Å². The van der Waals surface area contributed by atoms with Gasteiger partial charge in [0.25, 0.3) is 0 Å². The number of carbonyl (C=O) groups excluding carboxylic acids is 1. The molecule has 1 fully saturated rings. The van der Waals surface area contributed by atoms with E-state index in [1.165, 1.54) is 4.68 Å². The highest BCUT2D eigenvalue weighted by Gasteiger charge is 2.38. The van der Waals surface area contributed by atoms with Gasteiger partial charge >= 0.3 is 6.18 Å². The van der Waals surface area contributed by atoms with Crippen LogP contribution in [-0.2, 0) is 11.0 Å². The summed E-state index contributed by atoms with van der Waals surface area (Å²) in [7, 11) is 0. The summed E-state index contributed by atoms with van der Waals surface area (Å²) in [5.74, 6) is 0.0549. The van der Waals surface area contributed by atoms with Gasteiger partial charge in [0.1, 0.15) is 9.48 Å². The van der Waals surface area contributed by atoms with E-state index in [4.69, 9.17) is 0 Å². The summed E-state index contributed by atoms with van der Waals surface area (Å²) in [6.45, 7) is 0. The minimum Gasteiger partial charge on any atom is -0.300 e. The van der Waals surface area contributed by atoms with Gasteiger partial charge in [-0.1, -0.05) is 15.9 Å². The predicted molar refractivity (Wildman–Crippen MR) is 78.4 cm³/mol. The number of hydrogen-bond acceptors (Lipinski definition) is 2. The number of fused-ring (bicyclic) bond motifs is 1. The average molecular weight is 459 g/mol. The molecule has 0 amide bonds. The third kappa shape index (κ3) is 2.26. The number of halogens is 5. The van der Waals surface area contributed by atoms with E-state index in [-0.39, 0.29) is 30.2 Å². The van der Waals surface area contributed by atoms with Crippen molar-refractivity contribution in [1.82, 2.24) is 9.78 Å². The van der Waals surface area contributed by atoms with Gasteiger partial charge in [-0.15, -0.1) is 0 Å². The van der Waals surface area contributed by atoms with Crippen LogP contribution in [0.5, 0.6) is 0 Å². The molecule has 1 aliphatic carbocycles. The predicted octanol–water partition coefficient (Wildman–Crippen LogP) is 4.33. The highest BCUT2D eigenvalue weighted by Crippen LogP contribution is 2.41. The van der Waals surface area contributed by atoms with Crippen molar-refractivity contribution in [3.63, 3.8) is 0 Å². The zero-order valence-electron chi connectivity index (χ0n) is 9.84. The Hall–Kier alpha value is -0.640. The van der Waals surface area contributed by atoms with Crippen molar-refractivity contribution in [2.24, 2.45) is 0 Å². The molecular formula is C12H7BrF3IN2O. The molecular weight excluding hydrogens is 452 g/mol. The molecule has 0 unspecified atom stereocenters. The molecule has 1 aromatic heterocycles. The van der Waals surface area contributed by atoms with Crippen LogP contribution in [0.4, 0.5) is 13.2 Å². The van der Waals surface area contributed by atoms with Crippen LogP contribution >= 0.6 is 38.5 Å². The monoisotopic (exact) mass is 458 g/mol. The number of ketones is 1. The topological polar surface area (TPSA) is 34.9 Å². The quantitative estimate of drug-likeness (QED) is 0.596. The standard InChI is InChI=1S/C12H7BrF3IN2O/c13-5-1-8-10(9(2-5)12(14,15)16)19(18-11(8)17)6-3-7(20)4-6/h1-2,6H,3-4H2. The fraction of sp³-hybridized carbons (Fsp3) is 0.333. The highest BCUT2D eigenvalue weighted by atomic mass is 127. The first kappa shape index (κ1) is 14.3. The van der Waals surface area contributed by atoms with E-state index in [0.717, 1.165) is 6.07 Å². The molecule has 0 bridgehead atoms. The number of nitrogens with zero attached hydrogens (tertiary/aromatic N) is 2. The Balaban J connectivity index is 2.29. The Morgan fingerprint density at radius 1 is 1.35 bits per heavy atom. The van der Waals surface area contributed by atoms with E-state index >= 15 is 0 Å². The van der Waals surface area contributed by atoms with Crippen LogP contribution in [0.3, 0.4) is 0 Å². The molecule has 0 atom stereocenters. The van der Waals surface area contributed by atoms with Crippen molar-refractivity contribution in [2.45, 2.75) is 25.1 Å². The molecule has 3 nitrogen and oxygen atoms in total. The molecule has 0 saturated heterocycles. The second-order valence-corrected chi connectivity index (χ2v) is 6.62. The van der Waals surface area contributed by atoms with Gasteiger partial charge in [-0.25, -0.2) is 0 Å². The fourth-order valence-electron chi connectivity index (χ4n) is 2.32. The first-order valence-electron chi connectivity index (χ1n) is 5.73. The highest BCUT2D eigenvalue weighted by molar-refractivity contribution is 14.1. The van der Waals surface area contributed by atoms with Crippen LogP contribution in [0.1, 0.15) is 24.4 Å². The lowest BCUT2D eigenvalue weighted by Crippen LogP contribution is -2.28. The summed E-state index contributed by atoms with van der Waals surface area (Å²) in [4.78, 5) is 11.1. The maximum absolute atomic E-state index is 13.2. The van der Waals surface area contributed by atoms with Crippen LogP contribution in [-0.4, -0.2) is 15.6 Å². The summed E-state index contributed by atoms with van der Waals surface area (Å²) in [5.41, 5.74) is -0.667. The molecule has 1 aromatic carbocycles. The number of alkyl halides is 3. The number of aromatic nitrogens is 2. The van der Waals surface area contributed by atoms with Gasteiger partial charge in [0.15, 0.2) is 0 Å². The summed E-state index contributed by atoms with van der Waals surface area (Å²) < 4.78 is 41.9. The Morgan fingerprint density at radius 3 is 2.55 bits per heavy atom. The van der Waals surface area contributed by atoms with Crippen LogP contribution in [0.25, 0.3) is 10.9 Å². The van der Waals surface area contributed by atoms with Crippen molar-refractivity contribution in [2.75, 3.05) is 0 Å². The van der Waals surface area contributed by atoms with Gasteiger partial charge in [0.2, 0.25) is 0 Å². The maximum Gasteiger partial charge on any atom is 0.418 e. The number of rotatable bonds is 1. The zero-order valence-corrected chi connectivity index (χ0v) is 13.6. The maximum atomic E-state index is 13.2. The molecule has 0 N–H and O–H groups in total. The summed E-state index contributed by atoms with van der Waals surface area (Å²) in [6, 6.07) is 2.41. The Labute approximate surface area is 133 Å². The molecule has 1 aliphatic rings. The van der Waals surface area contributed by atoms with Crippen molar-refractivity contribution in [3.05, 3.63) is 25.9 Å². The summed E-state index contributed by atoms with van der Waals surface area (Å²) >= 11 is 5.02.